The minimum atomic E-state index is -0.361. The van der Waals surface area contributed by atoms with Crippen LogP contribution in [0.4, 0.5) is 0 Å². The fourth-order valence-corrected chi connectivity index (χ4v) is 1.48. The SMILES string of the molecule is CNC1CCN(C(=O)C(C)N)C1. The molecule has 2 atom stereocenters. The van der Waals surface area contributed by atoms with Gasteiger partial charge in [0.15, 0.2) is 0 Å². The number of likely N-dealkylation sites (N-methyl/N-ethyl adjacent to an activating group) is 1. The lowest BCUT2D eigenvalue weighted by atomic mass is 10.3. The van der Waals surface area contributed by atoms with Crippen molar-refractivity contribution < 1.29 is 4.79 Å². The van der Waals surface area contributed by atoms with Gasteiger partial charge in [-0.05, 0) is 20.4 Å². The van der Waals surface area contributed by atoms with Crippen LogP contribution in [-0.4, -0.2) is 43.0 Å². The molecule has 0 aromatic rings. The highest BCUT2D eigenvalue weighted by Crippen LogP contribution is 2.09. The number of nitrogens with two attached hydrogens (primary N) is 1. The molecule has 4 nitrogen and oxygen atoms in total. The highest BCUT2D eigenvalue weighted by molar-refractivity contribution is 5.81. The van der Waals surface area contributed by atoms with Crippen LogP contribution in [0.2, 0.25) is 0 Å². The van der Waals surface area contributed by atoms with Gasteiger partial charge in [-0.2, -0.15) is 0 Å². The molecule has 3 N–H and O–H groups in total. The number of carbonyl (C=O) groups excluding carboxylic acids is 1. The van der Waals surface area contributed by atoms with Crippen molar-refractivity contribution in [1.29, 1.82) is 0 Å². The summed E-state index contributed by atoms with van der Waals surface area (Å²) in [6, 6.07) is 0.0910. The van der Waals surface area contributed by atoms with E-state index in [9.17, 15) is 4.79 Å². The third kappa shape index (κ3) is 1.95. The zero-order valence-electron chi connectivity index (χ0n) is 7.71. The lowest BCUT2D eigenvalue weighted by molar-refractivity contribution is -0.131. The Labute approximate surface area is 73.1 Å². The first kappa shape index (κ1) is 9.48. The van der Waals surface area contributed by atoms with Crippen LogP contribution in [0.3, 0.4) is 0 Å². The largest absolute Gasteiger partial charge is 0.340 e. The van der Waals surface area contributed by atoms with Crippen LogP contribution in [0.5, 0.6) is 0 Å². The predicted molar refractivity (Wildman–Crippen MR) is 47.7 cm³/mol. The fraction of sp³-hybridized carbons (Fsp3) is 0.875. The molecule has 70 valence electrons. The topological polar surface area (TPSA) is 58.4 Å². The van der Waals surface area contributed by atoms with Crippen LogP contribution in [-0.2, 0) is 4.79 Å². The van der Waals surface area contributed by atoms with E-state index in [0.29, 0.717) is 6.04 Å². The molecule has 1 saturated heterocycles. The normalized spacial score (nSPS) is 25.9. The molecule has 1 aliphatic rings. The maximum absolute atomic E-state index is 11.4. The Morgan fingerprint density at radius 3 is 2.83 bits per heavy atom. The molecule has 2 unspecified atom stereocenters. The van der Waals surface area contributed by atoms with Gasteiger partial charge in [-0.25, -0.2) is 0 Å². The summed E-state index contributed by atoms with van der Waals surface area (Å²) in [6.45, 7) is 3.37. The number of rotatable bonds is 2. The van der Waals surface area contributed by atoms with E-state index in [4.69, 9.17) is 5.73 Å². The summed E-state index contributed by atoms with van der Waals surface area (Å²) in [7, 11) is 1.92. The molecule has 0 bridgehead atoms. The zero-order chi connectivity index (χ0) is 9.14. The Morgan fingerprint density at radius 2 is 2.42 bits per heavy atom. The molecule has 1 aliphatic heterocycles. The maximum Gasteiger partial charge on any atom is 0.239 e. The lowest BCUT2D eigenvalue weighted by Gasteiger charge is -2.18. The smallest absolute Gasteiger partial charge is 0.239 e. The molecular formula is C8H17N3O. The summed E-state index contributed by atoms with van der Waals surface area (Å²) in [5, 5.41) is 3.15. The second kappa shape index (κ2) is 3.87. The first-order valence-electron chi connectivity index (χ1n) is 4.36. The number of amides is 1. The maximum atomic E-state index is 11.4. The summed E-state index contributed by atoms with van der Waals surface area (Å²) in [5.74, 6) is 0.0627. The summed E-state index contributed by atoms with van der Waals surface area (Å²) in [4.78, 5) is 13.2. The van der Waals surface area contributed by atoms with Gasteiger partial charge in [0, 0.05) is 19.1 Å². The molecule has 0 spiro atoms. The molecule has 1 amide bonds. The van der Waals surface area contributed by atoms with Gasteiger partial charge in [-0.3, -0.25) is 4.79 Å². The monoisotopic (exact) mass is 171 g/mol. The number of likely N-dealkylation sites (tertiary alicyclic amines) is 1. The molecule has 12 heavy (non-hydrogen) atoms. The van der Waals surface area contributed by atoms with E-state index < -0.39 is 0 Å². The number of nitrogens with one attached hydrogen (secondary N) is 1. The van der Waals surface area contributed by atoms with Crippen molar-refractivity contribution in [3.63, 3.8) is 0 Å². The van der Waals surface area contributed by atoms with Gasteiger partial charge >= 0.3 is 0 Å². The average Bonchev–Trinajstić information content (AvgIpc) is 2.50. The Bertz CT molecular complexity index is 170. The van der Waals surface area contributed by atoms with Gasteiger partial charge in [-0.15, -0.1) is 0 Å². The van der Waals surface area contributed by atoms with Crippen LogP contribution in [0.25, 0.3) is 0 Å². The van der Waals surface area contributed by atoms with Crippen LogP contribution < -0.4 is 11.1 Å². The van der Waals surface area contributed by atoms with Crippen LogP contribution >= 0.6 is 0 Å². The van der Waals surface area contributed by atoms with Crippen molar-refractivity contribution in [2.24, 2.45) is 5.73 Å². The third-order valence-electron chi connectivity index (χ3n) is 2.30. The molecular weight excluding hydrogens is 154 g/mol. The standard InChI is InChI=1S/C8H17N3O/c1-6(9)8(12)11-4-3-7(5-11)10-2/h6-7,10H,3-5,9H2,1-2H3. The van der Waals surface area contributed by atoms with Crippen LogP contribution in [0.15, 0.2) is 0 Å². The second-order valence-electron chi connectivity index (χ2n) is 3.35. The van der Waals surface area contributed by atoms with Crippen LogP contribution in [0.1, 0.15) is 13.3 Å². The van der Waals surface area contributed by atoms with Crippen molar-refractivity contribution in [1.82, 2.24) is 10.2 Å². The van der Waals surface area contributed by atoms with Gasteiger partial charge < -0.3 is 16.0 Å². The summed E-state index contributed by atoms with van der Waals surface area (Å²) in [6.07, 6.45) is 1.04. The Hall–Kier alpha value is -0.610. The Balaban J connectivity index is 2.41. The van der Waals surface area contributed by atoms with E-state index in [1.54, 1.807) is 6.92 Å². The molecule has 0 aliphatic carbocycles. The van der Waals surface area contributed by atoms with Crippen molar-refractivity contribution >= 4 is 5.91 Å². The first-order valence-corrected chi connectivity index (χ1v) is 4.36. The van der Waals surface area contributed by atoms with Gasteiger partial charge in [-0.1, -0.05) is 0 Å². The molecule has 0 aromatic carbocycles. The van der Waals surface area contributed by atoms with Gasteiger partial charge in [0.05, 0.1) is 6.04 Å². The van der Waals surface area contributed by atoms with E-state index in [1.165, 1.54) is 0 Å². The molecule has 0 aromatic heterocycles. The molecule has 1 rings (SSSR count). The second-order valence-corrected chi connectivity index (χ2v) is 3.35. The predicted octanol–water partition coefficient (Wildman–Crippen LogP) is -0.846. The van der Waals surface area contributed by atoms with Gasteiger partial charge in [0.25, 0.3) is 0 Å². The van der Waals surface area contributed by atoms with E-state index in [0.717, 1.165) is 19.5 Å². The fourth-order valence-electron chi connectivity index (χ4n) is 1.48. The molecule has 1 fully saturated rings. The number of nitrogens with zero attached hydrogens (tertiary/aromatic N) is 1. The summed E-state index contributed by atoms with van der Waals surface area (Å²) in [5.41, 5.74) is 5.49. The van der Waals surface area contributed by atoms with Crippen molar-refractivity contribution in [2.75, 3.05) is 20.1 Å². The zero-order valence-corrected chi connectivity index (χ0v) is 7.71. The summed E-state index contributed by atoms with van der Waals surface area (Å²) < 4.78 is 0. The molecule has 0 saturated carbocycles. The third-order valence-corrected chi connectivity index (χ3v) is 2.30. The van der Waals surface area contributed by atoms with E-state index in [1.807, 2.05) is 11.9 Å². The first-order chi connectivity index (χ1) is 5.65. The molecule has 1 heterocycles. The van der Waals surface area contributed by atoms with Crippen LogP contribution in [0, 0.1) is 0 Å². The lowest BCUT2D eigenvalue weighted by Crippen LogP contribution is -2.42. The molecule has 4 heteroatoms. The minimum Gasteiger partial charge on any atom is -0.340 e. The van der Waals surface area contributed by atoms with Crippen molar-refractivity contribution in [3.05, 3.63) is 0 Å². The van der Waals surface area contributed by atoms with E-state index >= 15 is 0 Å². The minimum absolute atomic E-state index is 0.0627. The highest BCUT2D eigenvalue weighted by atomic mass is 16.2. The summed E-state index contributed by atoms with van der Waals surface area (Å²) >= 11 is 0. The van der Waals surface area contributed by atoms with E-state index in [2.05, 4.69) is 5.32 Å². The van der Waals surface area contributed by atoms with E-state index in [-0.39, 0.29) is 11.9 Å². The highest BCUT2D eigenvalue weighted by Gasteiger charge is 2.26. The average molecular weight is 171 g/mol. The number of carbonyl (C=O) groups is 1. The quantitative estimate of drug-likeness (QED) is 0.569. The van der Waals surface area contributed by atoms with Gasteiger partial charge in [0.1, 0.15) is 0 Å². The molecule has 0 radical (unpaired) electrons. The number of hydrogen-bond donors (Lipinski definition) is 2. The Morgan fingerprint density at radius 1 is 1.75 bits per heavy atom. The van der Waals surface area contributed by atoms with Crippen molar-refractivity contribution in [3.8, 4) is 0 Å². The number of hydrogen-bond acceptors (Lipinski definition) is 3. The Kier molecular flexibility index (Phi) is 3.05. The van der Waals surface area contributed by atoms with Gasteiger partial charge in [0.2, 0.25) is 5.91 Å². The van der Waals surface area contributed by atoms with Crippen molar-refractivity contribution in [2.45, 2.75) is 25.4 Å².